The van der Waals surface area contributed by atoms with Crippen LogP contribution in [0.2, 0.25) is 0 Å². The average molecular weight is 236 g/mol. The van der Waals surface area contributed by atoms with E-state index in [1.807, 2.05) is 6.92 Å². The third kappa shape index (κ3) is 3.30. The van der Waals surface area contributed by atoms with Gasteiger partial charge in [-0.25, -0.2) is 0 Å². The molecule has 1 aliphatic rings. The molecule has 0 radical (unpaired) electrons. The first-order valence-corrected chi connectivity index (χ1v) is 6.32. The van der Waals surface area contributed by atoms with Crippen LogP contribution in [0.3, 0.4) is 0 Å². The zero-order chi connectivity index (χ0) is 12.1. The summed E-state index contributed by atoms with van der Waals surface area (Å²) >= 11 is 0. The van der Waals surface area contributed by atoms with Crippen LogP contribution in [0.15, 0.2) is 6.20 Å². The summed E-state index contributed by atoms with van der Waals surface area (Å²) in [7, 11) is 0. The third-order valence-corrected chi connectivity index (χ3v) is 3.31. The lowest BCUT2D eigenvalue weighted by atomic mass is 10.0. The Morgan fingerprint density at radius 1 is 1.65 bits per heavy atom. The number of rotatable bonds is 5. The Balaban J connectivity index is 1.76. The van der Waals surface area contributed by atoms with E-state index in [1.165, 1.54) is 6.42 Å². The molecule has 1 fully saturated rings. The second-order valence-corrected chi connectivity index (χ2v) is 4.57. The first-order chi connectivity index (χ1) is 8.29. The van der Waals surface area contributed by atoms with Gasteiger partial charge in [0.1, 0.15) is 5.82 Å². The van der Waals surface area contributed by atoms with Crippen molar-refractivity contribution in [2.24, 2.45) is 5.92 Å². The van der Waals surface area contributed by atoms with E-state index in [0.29, 0.717) is 12.3 Å². The zero-order valence-electron chi connectivity index (χ0n) is 10.3. The minimum absolute atomic E-state index is 0.0795. The summed E-state index contributed by atoms with van der Waals surface area (Å²) in [4.78, 5) is 11.8. The zero-order valence-corrected chi connectivity index (χ0v) is 10.3. The van der Waals surface area contributed by atoms with E-state index in [9.17, 15) is 4.79 Å². The van der Waals surface area contributed by atoms with Gasteiger partial charge in [-0.1, -0.05) is 6.92 Å². The Morgan fingerprint density at radius 3 is 3.24 bits per heavy atom. The number of aromatic nitrogens is 2. The van der Waals surface area contributed by atoms with E-state index in [2.05, 4.69) is 20.8 Å². The predicted molar refractivity (Wildman–Crippen MR) is 66.8 cm³/mol. The maximum atomic E-state index is 11.8. The van der Waals surface area contributed by atoms with Gasteiger partial charge in [-0.15, -0.1) is 0 Å². The topological polar surface area (TPSA) is 69.8 Å². The van der Waals surface area contributed by atoms with Crippen molar-refractivity contribution in [2.75, 3.05) is 18.4 Å². The standard InChI is InChI=1S/C12H20N4O/c1-2-10-8-14-16-12(10)15-11(17)4-3-9-5-6-13-7-9/h8-9,13H,2-7H2,1H3,(H2,14,15,16,17). The Labute approximate surface area is 101 Å². The van der Waals surface area contributed by atoms with Crippen LogP contribution < -0.4 is 10.6 Å². The number of carbonyl (C=O) groups is 1. The molecule has 1 saturated heterocycles. The van der Waals surface area contributed by atoms with Crippen LogP contribution in [0.4, 0.5) is 5.82 Å². The lowest BCUT2D eigenvalue weighted by Crippen LogP contribution is -2.15. The number of hydrogen-bond acceptors (Lipinski definition) is 3. The molecule has 1 aromatic heterocycles. The van der Waals surface area contributed by atoms with Crippen molar-refractivity contribution in [3.8, 4) is 0 Å². The average Bonchev–Trinajstić information content (AvgIpc) is 2.97. The maximum absolute atomic E-state index is 11.8. The first-order valence-electron chi connectivity index (χ1n) is 6.32. The van der Waals surface area contributed by atoms with E-state index < -0.39 is 0 Å². The molecule has 5 nitrogen and oxygen atoms in total. The Morgan fingerprint density at radius 2 is 2.53 bits per heavy atom. The van der Waals surface area contributed by atoms with Crippen LogP contribution in [0.1, 0.15) is 31.7 Å². The number of amides is 1. The predicted octanol–water partition coefficient (Wildman–Crippen LogP) is 1.30. The molecule has 1 aromatic rings. The van der Waals surface area contributed by atoms with Crippen molar-refractivity contribution in [2.45, 2.75) is 32.6 Å². The van der Waals surface area contributed by atoms with Gasteiger partial charge in [0.15, 0.2) is 0 Å². The number of nitrogens with zero attached hydrogens (tertiary/aromatic N) is 1. The smallest absolute Gasteiger partial charge is 0.225 e. The van der Waals surface area contributed by atoms with E-state index in [-0.39, 0.29) is 5.91 Å². The Hall–Kier alpha value is -1.36. The van der Waals surface area contributed by atoms with Crippen molar-refractivity contribution < 1.29 is 4.79 Å². The second-order valence-electron chi connectivity index (χ2n) is 4.57. The highest BCUT2D eigenvalue weighted by atomic mass is 16.1. The van der Waals surface area contributed by atoms with Crippen molar-refractivity contribution in [3.63, 3.8) is 0 Å². The van der Waals surface area contributed by atoms with E-state index >= 15 is 0 Å². The van der Waals surface area contributed by atoms with Crippen molar-refractivity contribution in [3.05, 3.63) is 11.8 Å². The number of H-pyrrole nitrogens is 1. The minimum atomic E-state index is 0.0795. The Kier molecular flexibility index (Phi) is 4.14. The summed E-state index contributed by atoms with van der Waals surface area (Å²) in [5.41, 5.74) is 1.06. The number of anilines is 1. The molecule has 0 aromatic carbocycles. The summed E-state index contributed by atoms with van der Waals surface area (Å²) in [6.07, 6.45) is 5.38. The van der Waals surface area contributed by atoms with Gasteiger partial charge in [0.05, 0.1) is 6.20 Å². The van der Waals surface area contributed by atoms with Gasteiger partial charge in [-0.2, -0.15) is 5.10 Å². The Bertz CT molecular complexity index is 368. The molecule has 0 bridgehead atoms. The molecule has 17 heavy (non-hydrogen) atoms. The van der Waals surface area contributed by atoms with Crippen molar-refractivity contribution in [1.29, 1.82) is 0 Å². The van der Waals surface area contributed by atoms with E-state index in [1.54, 1.807) is 6.20 Å². The van der Waals surface area contributed by atoms with Gasteiger partial charge in [0, 0.05) is 12.0 Å². The normalized spacial score (nSPS) is 19.5. The van der Waals surface area contributed by atoms with Crippen LogP contribution in [0.5, 0.6) is 0 Å². The third-order valence-electron chi connectivity index (χ3n) is 3.31. The molecule has 1 amide bonds. The molecule has 1 unspecified atom stereocenters. The summed E-state index contributed by atoms with van der Waals surface area (Å²) < 4.78 is 0. The van der Waals surface area contributed by atoms with E-state index in [4.69, 9.17) is 0 Å². The molecular formula is C12H20N4O. The van der Waals surface area contributed by atoms with Crippen LogP contribution in [-0.2, 0) is 11.2 Å². The van der Waals surface area contributed by atoms with Gasteiger partial charge >= 0.3 is 0 Å². The molecule has 2 rings (SSSR count). The fourth-order valence-corrected chi connectivity index (χ4v) is 2.19. The molecule has 94 valence electrons. The number of nitrogens with one attached hydrogen (secondary N) is 3. The molecule has 0 spiro atoms. The summed E-state index contributed by atoms with van der Waals surface area (Å²) in [5, 5.41) is 13.0. The van der Waals surface area contributed by atoms with Gasteiger partial charge < -0.3 is 10.6 Å². The molecule has 0 saturated carbocycles. The van der Waals surface area contributed by atoms with Crippen LogP contribution in [0, 0.1) is 5.92 Å². The largest absolute Gasteiger partial charge is 0.316 e. The highest BCUT2D eigenvalue weighted by Gasteiger charge is 2.16. The number of carbonyl (C=O) groups excluding carboxylic acids is 1. The lowest BCUT2D eigenvalue weighted by molar-refractivity contribution is -0.116. The summed E-state index contributed by atoms with van der Waals surface area (Å²) in [6, 6.07) is 0. The van der Waals surface area contributed by atoms with Crippen LogP contribution in [0.25, 0.3) is 0 Å². The number of aromatic amines is 1. The molecule has 2 heterocycles. The first kappa shape index (κ1) is 12.1. The molecule has 1 aliphatic heterocycles. The second kappa shape index (κ2) is 5.82. The number of hydrogen-bond donors (Lipinski definition) is 3. The fourth-order valence-electron chi connectivity index (χ4n) is 2.19. The highest BCUT2D eigenvalue weighted by Crippen LogP contribution is 2.16. The van der Waals surface area contributed by atoms with Crippen molar-refractivity contribution in [1.82, 2.24) is 15.5 Å². The van der Waals surface area contributed by atoms with Gasteiger partial charge in [0.2, 0.25) is 5.91 Å². The molecule has 1 atom stereocenters. The molecule has 5 heteroatoms. The van der Waals surface area contributed by atoms with Gasteiger partial charge in [-0.3, -0.25) is 9.89 Å². The van der Waals surface area contributed by atoms with Crippen LogP contribution >= 0.6 is 0 Å². The summed E-state index contributed by atoms with van der Waals surface area (Å²) in [6.45, 7) is 4.19. The highest BCUT2D eigenvalue weighted by molar-refractivity contribution is 5.90. The lowest BCUT2D eigenvalue weighted by Gasteiger charge is -2.08. The molecule has 3 N–H and O–H groups in total. The van der Waals surface area contributed by atoms with Crippen LogP contribution in [-0.4, -0.2) is 29.2 Å². The fraction of sp³-hybridized carbons (Fsp3) is 0.667. The molecular weight excluding hydrogens is 216 g/mol. The van der Waals surface area contributed by atoms with Gasteiger partial charge in [-0.05, 0) is 38.3 Å². The monoisotopic (exact) mass is 236 g/mol. The minimum Gasteiger partial charge on any atom is -0.316 e. The van der Waals surface area contributed by atoms with E-state index in [0.717, 1.165) is 37.3 Å². The quantitative estimate of drug-likeness (QED) is 0.721. The SMILES string of the molecule is CCc1cn[nH]c1NC(=O)CCC1CCNC1. The number of aryl methyl sites for hydroxylation is 1. The maximum Gasteiger partial charge on any atom is 0.225 e. The summed E-state index contributed by atoms with van der Waals surface area (Å²) in [5.74, 6) is 1.49. The van der Waals surface area contributed by atoms with Gasteiger partial charge in [0.25, 0.3) is 0 Å². The van der Waals surface area contributed by atoms with Crippen molar-refractivity contribution >= 4 is 11.7 Å². The molecule has 0 aliphatic carbocycles.